The van der Waals surface area contributed by atoms with Gasteiger partial charge in [-0.3, -0.25) is 0 Å². The molecule has 0 aliphatic heterocycles. The van der Waals surface area contributed by atoms with Crippen molar-refractivity contribution < 1.29 is 8.83 Å². The number of aromatic nitrogens is 2. The summed E-state index contributed by atoms with van der Waals surface area (Å²) >= 11 is 1.84. The Balaban J connectivity index is 1.02. The molecule has 4 nitrogen and oxygen atoms in total. The SMILES string of the molecule is c1ccc(-c2ccc3c(c2)oc2c(-c4ccc5oc6c(-c7cccc(-c8cccc9c8sc8ccccc89)c7)ncnc6c5c4)cccc23)cc1. The molecule has 51 heavy (non-hydrogen) atoms. The van der Waals surface area contributed by atoms with Gasteiger partial charge in [0.25, 0.3) is 0 Å². The molecular weight excluding hydrogens is 645 g/mol. The van der Waals surface area contributed by atoms with E-state index in [9.17, 15) is 0 Å². The van der Waals surface area contributed by atoms with Crippen LogP contribution in [0.15, 0.2) is 167 Å². The first-order valence-electron chi connectivity index (χ1n) is 17.0. The van der Waals surface area contributed by atoms with Gasteiger partial charge in [-0.25, -0.2) is 9.97 Å². The average Bonchev–Trinajstić information content (AvgIpc) is 3.89. The van der Waals surface area contributed by atoms with Gasteiger partial charge in [-0.15, -0.1) is 11.3 Å². The molecule has 0 aliphatic rings. The van der Waals surface area contributed by atoms with Crippen molar-refractivity contribution in [3.63, 3.8) is 0 Å². The minimum absolute atomic E-state index is 0.678. The molecule has 0 bridgehead atoms. The van der Waals surface area contributed by atoms with Crippen molar-refractivity contribution >= 4 is 75.5 Å². The predicted octanol–water partition coefficient (Wildman–Crippen LogP) is 13.3. The fourth-order valence-electron chi connectivity index (χ4n) is 7.59. The highest BCUT2D eigenvalue weighted by molar-refractivity contribution is 7.26. The summed E-state index contributed by atoms with van der Waals surface area (Å²) in [5, 5.41) is 5.71. The normalized spacial score (nSPS) is 11.9. The molecule has 0 radical (unpaired) electrons. The smallest absolute Gasteiger partial charge is 0.180 e. The van der Waals surface area contributed by atoms with Crippen LogP contribution in [-0.4, -0.2) is 9.97 Å². The van der Waals surface area contributed by atoms with Gasteiger partial charge in [0, 0.05) is 47.5 Å². The average molecular weight is 671 g/mol. The van der Waals surface area contributed by atoms with Gasteiger partial charge in [-0.05, 0) is 64.2 Å². The summed E-state index contributed by atoms with van der Waals surface area (Å²) in [7, 11) is 0. The van der Waals surface area contributed by atoms with Crippen LogP contribution in [0.3, 0.4) is 0 Å². The zero-order valence-electron chi connectivity index (χ0n) is 27.1. The number of thiophene rings is 1. The van der Waals surface area contributed by atoms with Crippen molar-refractivity contribution in [3.8, 4) is 44.6 Å². The second kappa shape index (κ2) is 11.0. The Hall–Kier alpha value is -6.56. The summed E-state index contributed by atoms with van der Waals surface area (Å²) in [6.07, 6.45) is 1.64. The molecule has 5 heteroatoms. The molecule has 0 unspecified atom stereocenters. The molecule has 0 saturated heterocycles. The molecule has 0 amide bonds. The van der Waals surface area contributed by atoms with Crippen molar-refractivity contribution in [1.29, 1.82) is 0 Å². The van der Waals surface area contributed by atoms with Crippen LogP contribution in [0, 0.1) is 0 Å². The first-order valence-corrected chi connectivity index (χ1v) is 17.8. The fraction of sp³-hybridized carbons (Fsp3) is 0. The van der Waals surface area contributed by atoms with Gasteiger partial charge < -0.3 is 8.83 Å². The van der Waals surface area contributed by atoms with Crippen LogP contribution < -0.4 is 0 Å². The van der Waals surface area contributed by atoms with Gasteiger partial charge in [-0.2, -0.15) is 0 Å². The molecule has 11 rings (SSSR count). The molecule has 0 saturated carbocycles. The number of hydrogen-bond donors (Lipinski definition) is 0. The quantitative estimate of drug-likeness (QED) is 0.187. The Morgan fingerprint density at radius 2 is 1.14 bits per heavy atom. The molecule has 4 heterocycles. The Labute approximate surface area is 295 Å². The minimum Gasteiger partial charge on any atom is -0.455 e. The summed E-state index contributed by atoms with van der Waals surface area (Å²) in [4.78, 5) is 9.51. The van der Waals surface area contributed by atoms with Crippen molar-refractivity contribution in [3.05, 3.63) is 158 Å². The Bertz CT molecular complexity index is 3150. The summed E-state index contributed by atoms with van der Waals surface area (Å²) in [5.41, 5.74) is 12.5. The molecular formula is C46H26N2O2S. The Morgan fingerprint density at radius 3 is 2.08 bits per heavy atom. The van der Waals surface area contributed by atoms with E-state index in [4.69, 9.17) is 18.8 Å². The van der Waals surface area contributed by atoms with E-state index in [1.807, 2.05) is 23.5 Å². The van der Waals surface area contributed by atoms with Crippen LogP contribution >= 0.6 is 11.3 Å². The Kier molecular flexibility index (Phi) is 6.09. The second-order valence-corrected chi connectivity index (χ2v) is 14.0. The summed E-state index contributed by atoms with van der Waals surface area (Å²) in [5.74, 6) is 0. The van der Waals surface area contributed by atoms with E-state index in [0.29, 0.717) is 5.58 Å². The molecule has 0 N–H and O–H groups in total. The maximum absolute atomic E-state index is 6.60. The highest BCUT2D eigenvalue weighted by Gasteiger charge is 2.19. The zero-order valence-corrected chi connectivity index (χ0v) is 27.9. The van der Waals surface area contributed by atoms with E-state index in [0.717, 1.165) is 71.9 Å². The molecule has 0 fully saturated rings. The van der Waals surface area contributed by atoms with Gasteiger partial charge in [-0.1, -0.05) is 115 Å². The van der Waals surface area contributed by atoms with Crippen molar-refractivity contribution in [2.24, 2.45) is 0 Å². The topological polar surface area (TPSA) is 52.1 Å². The third kappa shape index (κ3) is 4.38. The fourth-order valence-corrected chi connectivity index (χ4v) is 8.83. The van der Waals surface area contributed by atoms with Crippen LogP contribution in [0.5, 0.6) is 0 Å². The number of furan rings is 2. The molecule has 4 aromatic heterocycles. The third-order valence-corrected chi connectivity index (χ3v) is 11.2. The van der Waals surface area contributed by atoms with Crippen LogP contribution in [-0.2, 0) is 0 Å². The van der Waals surface area contributed by atoms with Gasteiger partial charge in [0.2, 0.25) is 0 Å². The first kappa shape index (κ1) is 28.3. The summed E-state index contributed by atoms with van der Waals surface area (Å²) in [6, 6.07) is 53.3. The van der Waals surface area contributed by atoms with Crippen LogP contribution in [0.1, 0.15) is 0 Å². The highest BCUT2D eigenvalue weighted by Crippen LogP contribution is 2.43. The number of nitrogens with zero attached hydrogens (tertiary/aromatic N) is 2. The van der Waals surface area contributed by atoms with E-state index in [1.54, 1.807) is 6.33 Å². The summed E-state index contributed by atoms with van der Waals surface area (Å²) < 4.78 is 15.7. The predicted molar refractivity (Wildman–Crippen MR) is 211 cm³/mol. The van der Waals surface area contributed by atoms with E-state index >= 15 is 0 Å². The Morgan fingerprint density at radius 1 is 0.412 bits per heavy atom. The second-order valence-electron chi connectivity index (χ2n) is 12.9. The monoisotopic (exact) mass is 670 g/mol. The summed E-state index contributed by atoms with van der Waals surface area (Å²) in [6.45, 7) is 0. The van der Waals surface area contributed by atoms with Crippen molar-refractivity contribution in [2.45, 2.75) is 0 Å². The lowest BCUT2D eigenvalue weighted by molar-refractivity contribution is 0.666. The highest BCUT2D eigenvalue weighted by atomic mass is 32.1. The molecule has 0 aliphatic carbocycles. The molecule has 238 valence electrons. The molecule has 11 aromatic rings. The van der Waals surface area contributed by atoms with Gasteiger partial charge in [0.15, 0.2) is 5.58 Å². The number of benzene rings is 7. The van der Waals surface area contributed by atoms with Crippen LogP contribution in [0.25, 0.3) is 109 Å². The van der Waals surface area contributed by atoms with Crippen LogP contribution in [0.4, 0.5) is 0 Å². The molecule has 0 atom stereocenters. The van der Waals surface area contributed by atoms with E-state index in [-0.39, 0.29) is 0 Å². The first-order chi connectivity index (χ1) is 25.3. The zero-order chi connectivity index (χ0) is 33.5. The number of hydrogen-bond acceptors (Lipinski definition) is 5. The lowest BCUT2D eigenvalue weighted by Gasteiger charge is -2.07. The van der Waals surface area contributed by atoms with Crippen molar-refractivity contribution in [2.75, 3.05) is 0 Å². The largest absolute Gasteiger partial charge is 0.455 e. The third-order valence-electron chi connectivity index (χ3n) is 10.0. The van der Waals surface area contributed by atoms with E-state index in [1.165, 1.54) is 31.3 Å². The van der Waals surface area contributed by atoms with E-state index < -0.39 is 0 Å². The van der Waals surface area contributed by atoms with E-state index in [2.05, 4.69) is 140 Å². The number of rotatable bonds is 4. The number of fused-ring (bicyclic) bond motifs is 9. The number of para-hydroxylation sites is 1. The maximum atomic E-state index is 6.60. The standard InChI is InChI=1S/C46H26N2O2S/c1-2-9-27(10-3-1)28-19-21-34-36-16-7-14-32(44(36)50-40(34)25-28)30-20-22-39-38(24-30)43-45(49-39)42(47-26-48-43)31-12-6-11-29(23-31)33-15-8-17-37-35-13-4-5-18-41(35)51-46(33)37/h1-26H. The minimum atomic E-state index is 0.678. The molecule has 0 spiro atoms. The van der Waals surface area contributed by atoms with Gasteiger partial charge in [0.05, 0.1) is 0 Å². The maximum Gasteiger partial charge on any atom is 0.180 e. The molecule has 7 aromatic carbocycles. The van der Waals surface area contributed by atoms with Gasteiger partial charge in [0.1, 0.15) is 34.3 Å². The lowest BCUT2D eigenvalue weighted by Crippen LogP contribution is -1.88. The van der Waals surface area contributed by atoms with Crippen molar-refractivity contribution in [1.82, 2.24) is 9.97 Å². The van der Waals surface area contributed by atoms with Crippen LogP contribution in [0.2, 0.25) is 0 Å². The van der Waals surface area contributed by atoms with Gasteiger partial charge >= 0.3 is 0 Å². The lowest BCUT2D eigenvalue weighted by atomic mass is 9.99.